The first kappa shape index (κ1) is 5.71. The van der Waals surface area contributed by atoms with Crippen LogP contribution in [0.3, 0.4) is 0 Å². The number of nitrogens with one attached hydrogen (secondary N) is 2. The average Bonchev–Trinajstić information content (AvgIpc) is 2.19. The molecular formula is C3H8N4S. The molecule has 0 spiro atoms. The van der Waals surface area contributed by atoms with Gasteiger partial charge in [0.2, 0.25) is 0 Å². The van der Waals surface area contributed by atoms with Crippen molar-refractivity contribution >= 4 is 18.3 Å². The molecule has 4 nitrogen and oxygen atoms in total. The normalized spacial score (nSPS) is 16.9. The standard InChI is InChI=1S/C3H8N4S/c1-2-8-7-5-3-4-6-7/h3,6H,2H2,1H3,(H,4,5). The Hall–Kier alpha value is -0.420. The van der Waals surface area contributed by atoms with Gasteiger partial charge in [-0.25, -0.2) is 0 Å². The predicted molar refractivity (Wildman–Crippen MR) is 34.7 cm³/mol. The quantitative estimate of drug-likeness (QED) is 0.516. The van der Waals surface area contributed by atoms with Crippen molar-refractivity contribution in [2.45, 2.75) is 6.92 Å². The van der Waals surface area contributed by atoms with E-state index in [-0.39, 0.29) is 0 Å². The molecule has 0 aromatic carbocycles. The van der Waals surface area contributed by atoms with Gasteiger partial charge in [-0.05, 0) is 11.9 Å². The van der Waals surface area contributed by atoms with E-state index in [0.29, 0.717) is 0 Å². The molecule has 0 aromatic rings. The molecule has 8 heavy (non-hydrogen) atoms. The summed E-state index contributed by atoms with van der Waals surface area (Å²) in [5, 5.41) is 3.87. The van der Waals surface area contributed by atoms with Crippen molar-refractivity contribution < 1.29 is 0 Å². The Bertz CT molecular complexity index is 93.3. The molecule has 5 heteroatoms. The van der Waals surface area contributed by atoms with E-state index in [1.165, 1.54) is 0 Å². The Morgan fingerprint density at radius 2 is 2.75 bits per heavy atom. The summed E-state index contributed by atoms with van der Waals surface area (Å²) in [5.41, 5.74) is 5.50. The summed E-state index contributed by atoms with van der Waals surface area (Å²) >= 11 is 1.60. The van der Waals surface area contributed by atoms with E-state index in [4.69, 9.17) is 0 Å². The molecule has 0 atom stereocenters. The summed E-state index contributed by atoms with van der Waals surface area (Å²) < 4.78 is 1.67. The first-order valence-electron chi connectivity index (χ1n) is 2.40. The van der Waals surface area contributed by atoms with Crippen molar-refractivity contribution in [2.24, 2.45) is 5.10 Å². The molecule has 0 radical (unpaired) electrons. The van der Waals surface area contributed by atoms with Gasteiger partial charge in [-0.15, -0.1) is 15.2 Å². The largest absolute Gasteiger partial charge is 0.290 e. The fourth-order valence-electron chi connectivity index (χ4n) is 0.382. The highest BCUT2D eigenvalue weighted by molar-refractivity contribution is 7.96. The van der Waals surface area contributed by atoms with Crippen LogP contribution in [0.5, 0.6) is 0 Å². The van der Waals surface area contributed by atoms with Crippen LogP contribution in [0.4, 0.5) is 0 Å². The molecule has 1 rings (SSSR count). The zero-order valence-electron chi connectivity index (χ0n) is 4.59. The van der Waals surface area contributed by atoms with Crippen LogP contribution in [0.1, 0.15) is 6.92 Å². The van der Waals surface area contributed by atoms with E-state index in [0.717, 1.165) is 5.75 Å². The van der Waals surface area contributed by atoms with Crippen molar-refractivity contribution in [1.82, 2.24) is 15.5 Å². The van der Waals surface area contributed by atoms with Crippen molar-refractivity contribution in [1.29, 1.82) is 0 Å². The Morgan fingerprint density at radius 1 is 1.88 bits per heavy atom. The molecule has 0 fully saturated rings. The number of rotatable bonds is 2. The molecule has 1 aliphatic rings. The number of hydrazine groups is 2. The van der Waals surface area contributed by atoms with Crippen LogP contribution in [-0.2, 0) is 0 Å². The Balaban J connectivity index is 2.16. The van der Waals surface area contributed by atoms with Gasteiger partial charge >= 0.3 is 0 Å². The lowest BCUT2D eigenvalue weighted by Crippen LogP contribution is -2.31. The first-order chi connectivity index (χ1) is 3.93. The maximum Gasteiger partial charge on any atom is 0.127 e. The summed E-state index contributed by atoms with van der Waals surface area (Å²) in [4.78, 5) is 0. The molecule has 0 saturated heterocycles. The van der Waals surface area contributed by atoms with Crippen LogP contribution in [0.15, 0.2) is 5.10 Å². The summed E-state index contributed by atoms with van der Waals surface area (Å²) in [6.07, 6.45) is 1.60. The molecule has 1 aliphatic heterocycles. The summed E-state index contributed by atoms with van der Waals surface area (Å²) in [5.74, 6) is 1.02. The van der Waals surface area contributed by atoms with Gasteiger partial charge in [0.05, 0.1) is 0 Å². The van der Waals surface area contributed by atoms with Crippen LogP contribution in [0.2, 0.25) is 0 Å². The van der Waals surface area contributed by atoms with Crippen LogP contribution >= 0.6 is 11.9 Å². The Kier molecular flexibility index (Phi) is 1.99. The number of hydrogen-bond donors (Lipinski definition) is 2. The second-order valence-electron chi connectivity index (χ2n) is 1.19. The van der Waals surface area contributed by atoms with Gasteiger partial charge in [0.1, 0.15) is 6.34 Å². The van der Waals surface area contributed by atoms with E-state index in [1.54, 1.807) is 22.8 Å². The van der Waals surface area contributed by atoms with Crippen LogP contribution < -0.4 is 11.0 Å². The summed E-state index contributed by atoms with van der Waals surface area (Å²) in [6.45, 7) is 2.07. The smallest absolute Gasteiger partial charge is 0.127 e. The van der Waals surface area contributed by atoms with Gasteiger partial charge in [-0.1, -0.05) is 6.92 Å². The molecule has 0 bridgehead atoms. The van der Waals surface area contributed by atoms with E-state index in [9.17, 15) is 0 Å². The zero-order chi connectivity index (χ0) is 5.82. The molecular weight excluding hydrogens is 124 g/mol. The molecule has 0 amide bonds. The highest BCUT2D eigenvalue weighted by Gasteiger charge is 2.00. The van der Waals surface area contributed by atoms with E-state index in [2.05, 4.69) is 23.0 Å². The first-order valence-corrected chi connectivity index (χ1v) is 3.34. The molecule has 46 valence electrons. The second-order valence-corrected chi connectivity index (χ2v) is 2.37. The van der Waals surface area contributed by atoms with Crippen molar-refractivity contribution in [3.63, 3.8) is 0 Å². The number of nitrogens with zero attached hydrogens (tertiary/aromatic N) is 2. The van der Waals surface area contributed by atoms with E-state index in [1.807, 2.05) is 0 Å². The zero-order valence-corrected chi connectivity index (χ0v) is 5.40. The molecule has 0 aromatic heterocycles. The molecule has 1 heterocycles. The third-order valence-corrected chi connectivity index (χ3v) is 1.33. The van der Waals surface area contributed by atoms with Crippen molar-refractivity contribution in [3.05, 3.63) is 0 Å². The highest BCUT2D eigenvalue weighted by Crippen LogP contribution is 2.05. The minimum Gasteiger partial charge on any atom is -0.290 e. The lowest BCUT2D eigenvalue weighted by atomic mass is 11.0. The van der Waals surface area contributed by atoms with E-state index >= 15 is 0 Å². The molecule has 2 N–H and O–H groups in total. The van der Waals surface area contributed by atoms with Gasteiger partial charge < -0.3 is 0 Å². The SMILES string of the molecule is CCSN1N=CNN1. The van der Waals surface area contributed by atoms with Gasteiger partial charge in [0.15, 0.2) is 0 Å². The fourth-order valence-corrected chi connectivity index (χ4v) is 0.858. The van der Waals surface area contributed by atoms with Crippen LogP contribution in [0, 0.1) is 0 Å². The number of hydrazone groups is 1. The monoisotopic (exact) mass is 132 g/mol. The Morgan fingerprint density at radius 3 is 3.25 bits per heavy atom. The van der Waals surface area contributed by atoms with Crippen molar-refractivity contribution in [3.8, 4) is 0 Å². The predicted octanol–water partition coefficient (Wildman–Crippen LogP) is -0.0774. The van der Waals surface area contributed by atoms with Crippen LogP contribution in [-0.4, -0.2) is 16.6 Å². The molecule has 0 aliphatic carbocycles. The minimum absolute atomic E-state index is 1.02. The maximum absolute atomic E-state index is 3.87. The van der Waals surface area contributed by atoms with Crippen LogP contribution in [0.25, 0.3) is 0 Å². The minimum atomic E-state index is 1.02. The van der Waals surface area contributed by atoms with Gasteiger partial charge in [-0.2, -0.15) is 0 Å². The van der Waals surface area contributed by atoms with Crippen molar-refractivity contribution in [2.75, 3.05) is 5.75 Å². The summed E-state index contributed by atoms with van der Waals surface area (Å²) in [6, 6.07) is 0. The summed E-state index contributed by atoms with van der Waals surface area (Å²) in [7, 11) is 0. The molecule has 0 saturated carbocycles. The second kappa shape index (κ2) is 2.78. The fraction of sp³-hybridized carbons (Fsp3) is 0.667. The lowest BCUT2D eigenvalue weighted by Gasteiger charge is -2.08. The third-order valence-electron chi connectivity index (χ3n) is 0.639. The van der Waals surface area contributed by atoms with E-state index < -0.39 is 0 Å². The van der Waals surface area contributed by atoms with Gasteiger partial charge in [0, 0.05) is 5.75 Å². The number of hydrogen-bond acceptors (Lipinski definition) is 5. The maximum atomic E-state index is 3.87. The molecule has 0 unspecified atom stereocenters. The Labute approximate surface area is 52.4 Å². The van der Waals surface area contributed by atoms with Gasteiger partial charge in [0.25, 0.3) is 0 Å². The topological polar surface area (TPSA) is 39.7 Å². The highest BCUT2D eigenvalue weighted by atomic mass is 32.2. The average molecular weight is 132 g/mol. The lowest BCUT2D eigenvalue weighted by molar-refractivity contribution is 0.385. The van der Waals surface area contributed by atoms with Gasteiger partial charge in [-0.3, -0.25) is 5.43 Å². The third kappa shape index (κ3) is 1.28.